The molecule has 0 saturated carbocycles. The molecule has 0 fully saturated rings. The van der Waals surface area contributed by atoms with Crippen LogP contribution in [0.15, 0.2) is 57.2 Å². The van der Waals surface area contributed by atoms with Crippen LogP contribution in [-0.4, -0.2) is 6.34 Å². The summed E-state index contributed by atoms with van der Waals surface area (Å²) in [6.07, 6.45) is 1.71. The fourth-order valence-corrected chi connectivity index (χ4v) is 3.00. The first kappa shape index (κ1) is 11.6. The molecule has 3 rings (SSSR count). The molecular weight excluding hydrogens is 264 g/mol. The third-order valence-corrected chi connectivity index (χ3v) is 4.19. The molecule has 0 spiro atoms. The minimum Gasteiger partial charge on any atom is -0.346 e. The molecule has 1 heterocycles. The molecule has 0 bridgehead atoms. The van der Waals surface area contributed by atoms with Crippen molar-refractivity contribution in [1.82, 2.24) is 0 Å². The zero-order valence-electron chi connectivity index (χ0n) is 9.56. The lowest BCUT2D eigenvalue weighted by Gasteiger charge is -2.15. The van der Waals surface area contributed by atoms with Crippen LogP contribution >= 0.6 is 23.4 Å². The van der Waals surface area contributed by atoms with Gasteiger partial charge >= 0.3 is 0 Å². The number of nitrogens with zero attached hydrogens (tertiary/aromatic N) is 1. The average molecular weight is 275 g/mol. The molecule has 0 aliphatic carbocycles. The lowest BCUT2D eigenvalue weighted by molar-refractivity contribution is 1.05. The van der Waals surface area contributed by atoms with Gasteiger partial charge in [0.1, 0.15) is 0 Å². The lowest BCUT2D eigenvalue weighted by atomic mass is 10.1. The maximum Gasteiger partial charge on any atom is 0.0872 e. The van der Waals surface area contributed by atoms with Crippen LogP contribution in [0, 0.1) is 0 Å². The van der Waals surface area contributed by atoms with Gasteiger partial charge in [-0.15, -0.1) is 0 Å². The van der Waals surface area contributed by atoms with Crippen molar-refractivity contribution < 1.29 is 0 Å². The summed E-state index contributed by atoms with van der Waals surface area (Å²) in [5.74, 6) is 0. The Balaban J connectivity index is 1.94. The first-order valence-corrected chi connectivity index (χ1v) is 6.82. The highest BCUT2D eigenvalue weighted by molar-refractivity contribution is 7.99. The summed E-state index contributed by atoms with van der Waals surface area (Å²) in [5.41, 5.74) is 2.23. The molecule has 18 heavy (non-hydrogen) atoms. The van der Waals surface area contributed by atoms with Gasteiger partial charge in [0.05, 0.1) is 17.9 Å². The first-order chi connectivity index (χ1) is 8.83. The zero-order valence-corrected chi connectivity index (χ0v) is 11.1. The highest BCUT2D eigenvalue weighted by Crippen LogP contribution is 2.37. The Kier molecular flexibility index (Phi) is 3.26. The number of anilines is 1. The van der Waals surface area contributed by atoms with Gasteiger partial charge in [0.25, 0.3) is 0 Å². The quantitative estimate of drug-likeness (QED) is 0.875. The van der Waals surface area contributed by atoms with E-state index in [2.05, 4.69) is 28.5 Å². The van der Waals surface area contributed by atoms with Crippen LogP contribution in [0.2, 0.25) is 5.02 Å². The zero-order chi connectivity index (χ0) is 12.4. The summed E-state index contributed by atoms with van der Waals surface area (Å²) in [4.78, 5) is 6.46. The Labute approximate surface area is 115 Å². The minimum absolute atomic E-state index is 0.710. The highest BCUT2D eigenvalue weighted by atomic mass is 35.5. The van der Waals surface area contributed by atoms with E-state index in [0.717, 1.165) is 15.6 Å². The number of aliphatic imine (C=N–C) groups is 1. The molecule has 0 atom stereocenters. The molecule has 1 aliphatic heterocycles. The van der Waals surface area contributed by atoms with Crippen molar-refractivity contribution in [3.63, 3.8) is 0 Å². The molecule has 1 aliphatic rings. The van der Waals surface area contributed by atoms with Gasteiger partial charge in [0, 0.05) is 15.5 Å². The lowest BCUT2D eigenvalue weighted by Crippen LogP contribution is -2.05. The van der Waals surface area contributed by atoms with Gasteiger partial charge in [-0.3, -0.25) is 4.99 Å². The SMILES string of the molecule is Clc1cc2c(cc1Sc1ccccc1)CN=CN2. The van der Waals surface area contributed by atoms with Gasteiger partial charge in [-0.25, -0.2) is 0 Å². The van der Waals surface area contributed by atoms with Gasteiger partial charge in [-0.1, -0.05) is 41.6 Å². The summed E-state index contributed by atoms with van der Waals surface area (Å²) >= 11 is 7.98. The van der Waals surface area contributed by atoms with E-state index in [1.165, 1.54) is 10.5 Å². The van der Waals surface area contributed by atoms with E-state index >= 15 is 0 Å². The fraction of sp³-hybridized carbons (Fsp3) is 0.0714. The van der Waals surface area contributed by atoms with Gasteiger partial charge in [0.15, 0.2) is 0 Å². The van der Waals surface area contributed by atoms with Crippen LogP contribution in [0.25, 0.3) is 0 Å². The summed E-state index contributed by atoms with van der Waals surface area (Å²) in [7, 11) is 0. The Morgan fingerprint density at radius 3 is 2.83 bits per heavy atom. The molecule has 0 unspecified atom stereocenters. The Bertz CT molecular complexity index is 596. The maximum atomic E-state index is 6.31. The van der Waals surface area contributed by atoms with Crippen LogP contribution in [0.1, 0.15) is 5.56 Å². The Morgan fingerprint density at radius 1 is 1.17 bits per heavy atom. The predicted molar refractivity (Wildman–Crippen MR) is 77.8 cm³/mol. The van der Waals surface area contributed by atoms with Crippen molar-refractivity contribution in [1.29, 1.82) is 0 Å². The minimum atomic E-state index is 0.710. The molecule has 2 aromatic rings. The molecule has 1 N–H and O–H groups in total. The third kappa shape index (κ3) is 2.37. The largest absolute Gasteiger partial charge is 0.346 e. The molecule has 90 valence electrons. The second-order valence-corrected chi connectivity index (χ2v) is 5.49. The van der Waals surface area contributed by atoms with E-state index in [0.29, 0.717) is 6.54 Å². The van der Waals surface area contributed by atoms with E-state index in [4.69, 9.17) is 11.6 Å². The van der Waals surface area contributed by atoms with Crippen LogP contribution < -0.4 is 5.32 Å². The van der Waals surface area contributed by atoms with Crippen molar-refractivity contribution in [3.8, 4) is 0 Å². The van der Waals surface area contributed by atoms with E-state index in [9.17, 15) is 0 Å². The van der Waals surface area contributed by atoms with Gasteiger partial charge in [0.2, 0.25) is 0 Å². The highest BCUT2D eigenvalue weighted by Gasteiger charge is 2.11. The second-order valence-electron chi connectivity index (χ2n) is 3.97. The van der Waals surface area contributed by atoms with Crippen LogP contribution in [0.3, 0.4) is 0 Å². The molecule has 0 radical (unpaired) electrons. The van der Waals surface area contributed by atoms with Crippen LogP contribution in [-0.2, 0) is 6.54 Å². The van der Waals surface area contributed by atoms with Gasteiger partial charge in [-0.05, 0) is 29.8 Å². The van der Waals surface area contributed by atoms with Gasteiger partial charge < -0.3 is 5.32 Å². The third-order valence-electron chi connectivity index (χ3n) is 2.70. The molecule has 0 saturated heterocycles. The molecule has 0 aromatic heterocycles. The van der Waals surface area contributed by atoms with Crippen molar-refractivity contribution in [2.75, 3.05) is 5.32 Å². The van der Waals surface area contributed by atoms with Crippen molar-refractivity contribution in [3.05, 3.63) is 53.1 Å². The van der Waals surface area contributed by atoms with E-state index in [1.807, 2.05) is 24.3 Å². The van der Waals surface area contributed by atoms with E-state index in [-0.39, 0.29) is 0 Å². The molecule has 2 nitrogen and oxygen atoms in total. The van der Waals surface area contributed by atoms with Gasteiger partial charge in [-0.2, -0.15) is 0 Å². The standard InChI is InChI=1S/C14H11ClN2S/c15-12-7-13-10(8-16-9-17-13)6-14(12)18-11-4-2-1-3-5-11/h1-7,9H,8H2,(H,16,17). The van der Waals surface area contributed by atoms with E-state index < -0.39 is 0 Å². The summed E-state index contributed by atoms with van der Waals surface area (Å²) in [5, 5.41) is 3.88. The van der Waals surface area contributed by atoms with Crippen molar-refractivity contribution in [2.24, 2.45) is 4.99 Å². The van der Waals surface area contributed by atoms with E-state index in [1.54, 1.807) is 18.1 Å². The van der Waals surface area contributed by atoms with Crippen molar-refractivity contribution in [2.45, 2.75) is 16.3 Å². The Morgan fingerprint density at radius 2 is 2.00 bits per heavy atom. The predicted octanol–water partition coefficient (Wildman–Crippen LogP) is 4.45. The van der Waals surface area contributed by atoms with Crippen LogP contribution in [0.4, 0.5) is 5.69 Å². The number of halogens is 1. The van der Waals surface area contributed by atoms with Crippen molar-refractivity contribution >= 4 is 35.4 Å². The second kappa shape index (κ2) is 5.04. The topological polar surface area (TPSA) is 24.4 Å². The summed E-state index contributed by atoms with van der Waals surface area (Å²) in [6, 6.07) is 14.3. The molecule has 4 heteroatoms. The number of rotatable bonds is 2. The first-order valence-electron chi connectivity index (χ1n) is 5.63. The summed E-state index contributed by atoms with van der Waals surface area (Å²) in [6.45, 7) is 0.710. The smallest absolute Gasteiger partial charge is 0.0872 e. The summed E-state index contributed by atoms with van der Waals surface area (Å²) < 4.78 is 0. The monoisotopic (exact) mass is 274 g/mol. The average Bonchev–Trinajstić information content (AvgIpc) is 2.41. The maximum absolute atomic E-state index is 6.31. The number of fused-ring (bicyclic) bond motifs is 1. The normalized spacial score (nSPS) is 12.9. The Hall–Kier alpha value is -1.45. The number of hydrogen-bond acceptors (Lipinski definition) is 3. The van der Waals surface area contributed by atoms with Crippen LogP contribution in [0.5, 0.6) is 0 Å². The number of hydrogen-bond donors (Lipinski definition) is 1. The molecule has 2 aromatic carbocycles. The number of benzene rings is 2. The number of nitrogens with one attached hydrogen (secondary N) is 1. The molecular formula is C14H11ClN2S. The molecule has 0 amide bonds. The fourth-order valence-electron chi connectivity index (χ4n) is 1.81.